The highest BCUT2D eigenvalue weighted by atomic mass is 15.1. The fraction of sp³-hybridized carbons (Fsp3) is 0.700. The summed E-state index contributed by atoms with van der Waals surface area (Å²) in [5.74, 6) is 1.02. The van der Waals surface area contributed by atoms with Gasteiger partial charge in [-0.1, -0.05) is 37.8 Å². The van der Waals surface area contributed by atoms with Gasteiger partial charge in [-0.15, -0.1) is 13.2 Å². The molecule has 0 amide bonds. The first-order valence-electron chi connectivity index (χ1n) is 10.2. The summed E-state index contributed by atoms with van der Waals surface area (Å²) in [6.07, 6.45) is 13.1. The maximum Gasteiger partial charge on any atom is 0.188 e. The van der Waals surface area contributed by atoms with Crippen LogP contribution in [0.2, 0.25) is 0 Å². The van der Waals surface area contributed by atoms with Crippen molar-refractivity contribution in [2.24, 2.45) is 21.5 Å². The number of unbranched alkanes of at least 4 members (excludes halogenated alkanes) is 6. The van der Waals surface area contributed by atoms with Crippen LogP contribution in [0.4, 0.5) is 0 Å². The molecule has 0 aliphatic heterocycles. The molecule has 7 nitrogen and oxygen atoms in total. The monoisotopic (exact) mass is 379 g/mol. The van der Waals surface area contributed by atoms with Crippen molar-refractivity contribution in [1.29, 1.82) is 0 Å². The summed E-state index contributed by atoms with van der Waals surface area (Å²) in [4.78, 5) is 8.37. The Morgan fingerprint density at radius 2 is 1.30 bits per heavy atom. The van der Waals surface area contributed by atoms with E-state index >= 15 is 0 Å². The molecular formula is C20H41N7. The van der Waals surface area contributed by atoms with Crippen molar-refractivity contribution >= 4 is 11.9 Å². The summed E-state index contributed by atoms with van der Waals surface area (Å²) in [5, 5.41) is 9.61. The maximum atomic E-state index is 5.70. The van der Waals surface area contributed by atoms with Crippen molar-refractivity contribution in [3.63, 3.8) is 0 Å². The number of hydrogen-bond donors (Lipinski definition) is 5. The van der Waals surface area contributed by atoms with E-state index in [-0.39, 0.29) is 0 Å². The summed E-state index contributed by atoms with van der Waals surface area (Å²) in [5.41, 5.74) is 11.4. The van der Waals surface area contributed by atoms with E-state index in [2.05, 4.69) is 39.1 Å². The molecule has 0 aromatic carbocycles. The van der Waals surface area contributed by atoms with Gasteiger partial charge in [0, 0.05) is 19.6 Å². The van der Waals surface area contributed by atoms with E-state index in [1.54, 1.807) is 12.2 Å². The Bertz CT molecular complexity index is 419. The molecule has 0 spiro atoms. The number of aliphatic imine (C=N–C) groups is 2. The minimum absolute atomic E-state index is 0.510. The fourth-order valence-corrected chi connectivity index (χ4v) is 2.44. The van der Waals surface area contributed by atoms with Gasteiger partial charge in [0.1, 0.15) is 0 Å². The molecule has 0 aromatic heterocycles. The van der Waals surface area contributed by atoms with Crippen molar-refractivity contribution in [2.45, 2.75) is 51.4 Å². The molecule has 0 heterocycles. The lowest BCUT2D eigenvalue weighted by Gasteiger charge is -2.06. The van der Waals surface area contributed by atoms with Crippen LogP contribution >= 0.6 is 0 Å². The Hall–Kier alpha value is -2.02. The SMILES string of the molecule is C=CCN=C(N)NCCCCCCNCCCCCCN=C(N)NCC=C. The minimum atomic E-state index is 0.510. The molecular weight excluding hydrogens is 338 g/mol. The molecule has 27 heavy (non-hydrogen) atoms. The van der Waals surface area contributed by atoms with E-state index in [4.69, 9.17) is 11.5 Å². The van der Waals surface area contributed by atoms with Gasteiger partial charge < -0.3 is 27.4 Å². The van der Waals surface area contributed by atoms with Gasteiger partial charge in [0.05, 0.1) is 6.54 Å². The largest absolute Gasteiger partial charge is 0.370 e. The van der Waals surface area contributed by atoms with Crippen LogP contribution in [0.25, 0.3) is 0 Å². The van der Waals surface area contributed by atoms with Gasteiger partial charge in [-0.2, -0.15) is 0 Å². The molecule has 0 aliphatic rings. The Morgan fingerprint density at radius 1 is 0.704 bits per heavy atom. The van der Waals surface area contributed by atoms with Crippen LogP contribution in [-0.4, -0.2) is 51.2 Å². The van der Waals surface area contributed by atoms with Gasteiger partial charge in [0.25, 0.3) is 0 Å². The van der Waals surface area contributed by atoms with Crippen LogP contribution in [0.1, 0.15) is 51.4 Å². The zero-order valence-corrected chi connectivity index (χ0v) is 17.0. The molecule has 156 valence electrons. The predicted molar refractivity (Wildman–Crippen MR) is 119 cm³/mol. The second kappa shape index (κ2) is 20.3. The first-order valence-corrected chi connectivity index (χ1v) is 10.2. The highest BCUT2D eigenvalue weighted by molar-refractivity contribution is 5.78. The van der Waals surface area contributed by atoms with Crippen LogP contribution in [0.15, 0.2) is 35.3 Å². The molecule has 0 saturated carbocycles. The van der Waals surface area contributed by atoms with Crippen LogP contribution in [-0.2, 0) is 0 Å². The van der Waals surface area contributed by atoms with Crippen molar-refractivity contribution < 1.29 is 0 Å². The third kappa shape index (κ3) is 20.1. The van der Waals surface area contributed by atoms with Gasteiger partial charge >= 0.3 is 0 Å². The number of nitrogens with zero attached hydrogens (tertiary/aromatic N) is 2. The number of nitrogens with two attached hydrogens (primary N) is 2. The number of guanidine groups is 2. The van der Waals surface area contributed by atoms with Gasteiger partial charge in [-0.05, 0) is 38.8 Å². The molecule has 0 radical (unpaired) electrons. The smallest absolute Gasteiger partial charge is 0.188 e. The zero-order valence-electron chi connectivity index (χ0n) is 17.0. The lowest BCUT2D eigenvalue weighted by atomic mass is 10.2. The lowest BCUT2D eigenvalue weighted by Crippen LogP contribution is -2.32. The second-order valence-electron chi connectivity index (χ2n) is 6.46. The van der Waals surface area contributed by atoms with Crippen molar-refractivity contribution in [2.75, 3.05) is 39.3 Å². The third-order valence-corrected chi connectivity index (χ3v) is 3.95. The first-order chi connectivity index (χ1) is 13.2. The minimum Gasteiger partial charge on any atom is -0.370 e. The topological polar surface area (TPSA) is 113 Å². The van der Waals surface area contributed by atoms with E-state index < -0.39 is 0 Å². The van der Waals surface area contributed by atoms with E-state index in [1.165, 1.54) is 38.5 Å². The number of rotatable bonds is 18. The standard InChI is InChI=1S/C20H41N7/c1-3-13-24-19(21)26-17-11-7-5-9-15-23-16-10-6-8-12-18-27-20(22)25-14-4-2/h3-4,23H,1-2,5-18H2,(H3,21,24,26)(H3,22,25,27). The molecule has 0 unspecified atom stereocenters. The van der Waals surface area contributed by atoms with Crippen LogP contribution in [0.3, 0.4) is 0 Å². The Morgan fingerprint density at radius 3 is 1.93 bits per heavy atom. The molecule has 0 rings (SSSR count). The van der Waals surface area contributed by atoms with Crippen molar-refractivity contribution in [3.05, 3.63) is 25.3 Å². The highest BCUT2D eigenvalue weighted by Crippen LogP contribution is 2.00. The Balaban J connectivity index is 3.23. The van der Waals surface area contributed by atoms with E-state index in [9.17, 15) is 0 Å². The normalized spacial score (nSPS) is 12.0. The van der Waals surface area contributed by atoms with Gasteiger partial charge in [-0.25, -0.2) is 4.99 Å². The van der Waals surface area contributed by atoms with E-state index in [1.807, 2.05) is 0 Å². The van der Waals surface area contributed by atoms with E-state index in [0.717, 1.165) is 39.0 Å². The zero-order chi connectivity index (χ0) is 20.0. The summed E-state index contributed by atoms with van der Waals surface area (Å²) >= 11 is 0. The third-order valence-electron chi connectivity index (χ3n) is 3.95. The summed E-state index contributed by atoms with van der Waals surface area (Å²) in [6, 6.07) is 0. The second-order valence-corrected chi connectivity index (χ2v) is 6.46. The average Bonchev–Trinajstić information content (AvgIpc) is 2.67. The van der Waals surface area contributed by atoms with Gasteiger partial charge in [0.2, 0.25) is 0 Å². The molecule has 0 aliphatic carbocycles. The quantitative estimate of drug-likeness (QED) is 0.108. The summed E-state index contributed by atoms with van der Waals surface area (Å²) < 4.78 is 0. The molecule has 0 fully saturated rings. The van der Waals surface area contributed by atoms with Crippen LogP contribution < -0.4 is 27.4 Å². The highest BCUT2D eigenvalue weighted by Gasteiger charge is 1.94. The fourth-order valence-electron chi connectivity index (χ4n) is 2.44. The predicted octanol–water partition coefficient (Wildman–Crippen LogP) is 1.88. The molecule has 0 aromatic rings. The van der Waals surface area contributed by atoms with E-state index in [0.29, 0.717) is 25.0 Å². The number of hydrogen-bond acceptors (Lipinski definition) is 3. The Kier molecular flexibility index (Phi) is 18.8. The molecule has 0 saturated heterocycles. The summed E-state index contributed by atoms with van der Waals surface area (Å²) in [6.45, 7) is 12.4. The maximum absolute atomic E-state index is 5.70. The summed E-state index contributed by atoms with van der Waals surface area (Å²) in [7, 11) is 0. The van der Waals surface area contributed by atoms with Crippen molar-refractivity contribution in [1.82, 2.24) is 16.0 Å². The lowest BCUT2D eigenvalue weighted by molar-refractivity contribution is 0.555. The van der Waals surface area contributed by atoms with Crippen LogP contribution in [0.5, 0.6) is 0 Å². The number of nitrogens with one attached hydrogen (secondary N) is 3. The Labute approximate surface area is 165 Å². The molecule has 7 N–H and O–H groups in total. The van der Waals surface area contributed by atoms with Crippen molar-refractivity contribution in [3.8, 4) is 0 Å². The van der Waals surface area contributed by atoms with Crippen LogP contribution in [0, 0.1) is 0 Å². The molecule has 0 atom stereocenters. The van der Waals surface area contributed by atoms with Gasteiger partial charge in [-0.3, -0.25) is 4.99 Å². The molecule has 7 heteroatoms. The molecule has 0 bridgehead atoms. The van der Waals surface area contributed by atoms with Gasteiger partial charge in [0.15, 0.2) is 11.9 Å². The first kappa shape index (κ1) is 25.0. The average molecular weight is 380 g/mol.